The van der Waals surface area contributed by atoms with Crippen molar-refractivity contribution in [2.24, 2.45) is 5.73 Å². The van der Waals surface area contributed by atoms with Crippen molar-refractivity contribution >= 4 is 5.91 Å². The minimum atomic E-state index is -0.333. The Morgan fingerprint density at radius 1 is 1.14 bits per heavy atom. The topological polar surface area (TPSA) is 43.1 Å². The Kier molecular flexibility index (Phi) is 6.46. The van der Waals surface area contributed by atoms with Gasteiger partial charge in [0.2, 0.25) is 5.91 Å². The molecule has 0 atom stereocenters. The summed E-state index contributed by atoms with van der Waals surface area (Å²) in [5.74, 6) is -0.333. The Labute approximate surface area is 86.1 Å². The van der Waals surface area contributed by atoms with Crippen LogP contribution in [0.2, 0.25) is 0 Å². The molecule has 1 amide bonds. The fraction of sp³-hybridized carbons (Fsp3) is 0.417. The second kappa shape index (κ2) is 7.13. The van der Waals surface area contributed by atoms with Crippen LogP contribution >= 0.6 is 0 Å². The zero-order valence-corrected chi connectivity index (χ0v) is 9.21. The first kappa shape index (κ1) is 12.7. The molecule has 2 N–H and O–H groups in total. The highest BCUT2D eigenvalue weighted by molar-refractivity contribution is 5.70. The van der Waals surface area contributed by atoms with E-state index < -0.39 is 0 Å². The first-order valence-corrected chi connectivity index (χ1v) is 4.94. The summed E-state index contributed by atoms with van der Waals surface area (Å²) in [6, 6.07) is 8.63. The van der Waals surface area contributed by atoms with E-state index in [1.54, 1.807) is 0 Å². The maximum atomic E-state index is 9.22. The van der Waals surface area contributed by atoms with Gasteiger partial charge in [0, 0.05) is 6.92 Å². The van der Waals surface area contributed by atoms with Crippen LogP contribution in [0.5, 0.6) is 0 Å². The van der Waals surface area contributed by atoms with Crippen LogP contribution < -0.4 is 5.73 Å². The van der Waals surface area contributed by atoms with Gasteiger partial charge in [-0.3, -0.25) is 4.79 Å². The molecule has 78 valence electrons. The van der Waals surface area contributed by atoms with Crippen molar-refractivity contribution in [1.29, 1.82) is 0 Å². The van der Waals surface area contributed by atoms with Crippen molar-refractivity contribution in [3.63, 3.8) is 0 Å². The highest BCUT2D eigenvalue weighted by Gasteiger charge is 1.93. The molecule has 0 saturated heterocycles. The van der Waals surface area contributed by atoms with Crippen molar-refractivity contribution in [2.75, 3.05) is 0 Å². The number of aryl methyl sites for hydroxylation is 2. The molecule has 0 radical (unpaired) electrons. The number of carbonyl (C=O) groups is 1. The van der Waals surface area contributed by atoms with Crippen LogP contribution in [-0.4, -0.2) is 5.91 Å². The van der Waals surface area contributed by atoms with Gasteiger partial charge in [0.25, 0.3) is 0 Å². The van der Waals surface area contributed by atoms with Gasteiger partial charge in [-0.25, -0.2) is 0 Å². The molecule has 1 rings (SSSR count). The van der Waals surface area contributed by atoms with Gasteiger partial charge < -0.3 is 5.73 Å². The molecule has 0 saturated carbocycles. The van der Waals surface area contributed by atoms with Crippen LogP contribution in [0.25, 0.3) is 0 Å². The molecule has 0 fully saturated rings. The lowest BCUT2D eigenvalue weighted by atomic mass is 10.0. The monoisotopic (exact) mass is 193 g/mol. The Bertz CT molecular complexity index is 254. The molecule has 0 spiro atoms. The molecule has 0 bridgehead atoms. The van der Waals surface area contributed by atoms with E-state index in [0.29, 0.717) is 0 Å². The summed E-state index contributed by atoms with van der Waals surface area (Å²) in [6.45, 7) is 5.71. The molecule has 2 heteroatoms. The zero-order chi connectivity index (χ0) is 11.0. The molecule has 0 unspecified atom stereocenters. The summed E-state index contributed by atoms with van der Waals surface area (Å²) in [7, 11) is 0. The molecule has 0 aromatic heterocycles. The SMILES string of the molecule is CC(N)=O.CCc1ccccc1CC. The molecule has 0 aliphatic heterocycles. The predicted octanol–water partition coefficient (Wildman–Crippen LogP) is 2.30. The molecule has 0 heterocycles. The Morgan fingerprint density at radius 3 is 1.64 bits per heavy atom. The van der Waals surface area contributed by atoms with Gasteiger partial charge in [0.15, 0.2) is 0 Å². The van der Waals surface area contributed by atoms with E-state index in [0.717, 1.165) is 12.8 Å². The lowest BCUT2D eigenvalue weighted by Gasteiger charge is -2.02. The minimum Gasteiger partial charge on any atom is -0.370 e. The molecule has 14 heavy (non-hydrogen) atoms. The van der Waals surface area contributed by atoms with Gasteiger partial charge in [-0.05, 0) is 24.0 Å². The highest BCUT2D eigenvalue weighted by Crippen LogP contribution is 2.08. The Balaban J connectivity index is 0.000000364. The van der Waals surface area contributed by atoms with Crippen LogP contribution in [0.1, 0.15) is 31.9 Å². The van der Waals surface area contributed by atoms with Crippen molar-refractivity contribution < 1.29 is 4.79 Å². The average Bonchev–Trinajstić information content (AvgIpc) is 2.17. The van der Waals surface area contributed by atoms with Crippen molar-refractivity contribution in [1.82, 2.24) is 0 Å². The first-order valence-electron chi connectivity index (χ1n) is 4.94. The lowest BCUT2D eigenvalue weighted by molar-refractivity contribution is -0.115. The molecule has 0 aliphatic rings. The quantitative estimate of drug-likeness (QED) is 0.769. The average molecular weight is 193 g/mol. The summed E-state index contributed by atoms with van der Waals surface area (Å²) in [5, 5.41) is 0. The van der Waals surface area contributed by atoms with Gasteiger partial charge in [-0.2, -0.15) is 0 Å². The number of hydrogen-bond acceptors (Lipinski definition) is 1. The second-order valence-electron chi connectivity index (χ2n) is 3.09. The number of hydrogen-bond donors (Lipinski definition) is 1. The highest BCUT2D eigenvalue weighted by atomic mass is 16.1. The van der Waals surface area contributed by atoms with E-state index >= 15 is 0 Å². The molecule has 1 aromatic rings. The third kappa shape index (κ3) is 5.36. The van der Waals surface area contributed by atoms with Gasteiger partial charge in [0.1, 0.15) is 0 Å². The van der Waals surface area contributed by atoms with E-state index in [2.05, 4.69) is 43.8 Å². The number of nitrogens with two attached hydrogens (primary N) is 1. The lowest BCUT2D eigenvalue weighted by Crippen LogP contribution is -2.01. The van der Waals surface area contributed by atoms with Crippen molar-refractivity contribution in [2.45, 2.75) is 33.6 Å². The maximum absolute atomic E-state index is 9.22. The number of primary amides is 1. The first-order chi connectivity index (χ1) is 6.61. The van der Waals surface area contributed by atoms with E-state index in [1.807, 2.05) is 0 Å². The molecule has 1 aromatic carbocycles. The number of amides is 1. The van der Waals surface area contributed by atoms with Crippen LogP contribution in [-0.2, 0) is 17.6 Å². The number of benzene rings is 1. The van der Waals surface area contributed by atoms with Gasteiger partial charge in [0.05, 0.1) is 0 Å². The fourth-order valence-corrected chi connectivity index (χ4v) is 1.25. The fourth-order valence-electron chi connectivity index (χ4n) is 1.25. The largest absolute Gasteiger partial charge is 0.370 e. The van der Waals surface area contributed by atoms with E-state index in [1.165, 1.54) is 18.1 Å². The zero-order valence-electron chi connectivity index (χ0n) is 9.21. The van der Waals surface area contributed by atoms with E-state index in [9.17, 15) is 4.79 Å². The smallest absolute Gasteiger partial charge is 0.214 e. The third-order valence-electron chi connectivity index (χ3n) is 1.88. The molecule has 0 aliphatic carbocycles. The molecule has 2 nitrogen and oxygen atoms in total. The second-order valence-corrected chi connectivity index (χ2v) is 3.09. The van der Waals surface area contributed by atoms with E-state index in [4.69, 9.17) is 0 Å². The summed E-state index contributed by atoms with van der Waals surface area (Å²) in [5.41, 5.74) is 7.45. The van der Waals surface area contributed by atoms with Crippen molar-refractivity contribution in [3.05, 3.63) is 35.4 Å². The summed E-state index contributed by atoms with van der Waals surface area (Å²) < 4.78 is 0. The van der Waals surface area contributed by atoms with Gasteiger partial charge in [-0.1, -0.05) is 38.1 Å². The molecular formula is C12H19NO. The van der Waals surface area contributed by atoms with Crippen LogP contribution in [0.4, 0.5) is 0 Å². The summed E-state index contributed by atoms with van der Waals surface area (Å²) in [4.78, 5) is 9.22. The Hall–Kier alpha value is -1.31. The summed E-state index contributed by atoms with van der Waals surface area (Å²) in [6.07, 6.45) is 2.31. The summed E-state index contributed by atoms with van der Waals surface area (Å²) >= 11 is 0. The van der Waals surface area contributed by atoms with Gasteiger partial charge >= 0.3 is 0 Å². The van der Waals surface area contributed by atoms with E-state index in [-0.39, 0.29) is 5.91 Å². The normalized spacial score (nSPS) is 8.79. The molecular weight excluding hydrogens is 174 g/mol. The van der Waals surface area contributed by atoms with Crippen molar-refractivity contribution in [3.8, 4) is 0 Å². The predicted molar refractivity (Wildman–Crippen MR) is 60.1 cm³/mol. The maximum Gasteiger partial charge on any atom is 0.214 e. The number of rotatable bonds is 2. The third-order valence-corrected chi connectivity index (χ3v) is 1.88. The standard InChI is InChI=1S/C10H14.C2H5NO/c1-3-9-7-5-6-8-10(9)4-2;1-2(3)4/h5-8H,3-4H2,1-2H3;1H3,(H2,3,4). The van der Waals surface area contributed by atoms with Crippen LogP contribution in [0, 0.1) is 0 Å². The Morgan fingerprint density at radius 2 is 1.43 bits per heavy atom. The van der Waals surface area contributed by atoms with Crippen LogP contribution in [0.15, 0.2) is 24.3 Å². The van der Waals surface area contributed by atoms with Crippen LogP contribution in [0.3, 0.4) is 0 Å². The van der Waals surface area contributed by atoms with Gasteiger partial charge in [-0.15, -0.1) is 0 Å². The number of carbonyl (C=O) groups excluding carboxylic acids is 1. The minimum absolute atomic E-state index is 0.333.